The van der Waals surface area contributed by atoms with Crippen LogP contribution >= 0.6 is 0 Å². The summed E-state index contributed by atoms with van der Waals surface area (Å²) < 4.78 is 8.04. The predicted octanol–water partition coefficient (Wildman–Crippen LogP) is 9.11. The lowest BCUT2D eigenvalue weighted by molar-refractivity contribution is 0.340. The van der Waals surface area contributed by atoms with Gasteiger partial charge in [0, 0.05) is 17.5 Å². The van der Waals surface area contributed by atoms with Gasteiger partial charge in [-0.2, -0.15) is 0 Å². The molecule has 1 aromatic heterocycles. The fourth-order valence-electron chi connectivity index (χ4n) is 4.87. The Morgan fingerprint density at radius 1 is 0.658 bits per heavy atom. The molecule has 0 aliphatic heterocycles. The Balaban J connectivity index is 1.55. The predicted molar refractivity (Wildman–Crippen MR) is 159 cm³/mol. The van der Waals surface area contributed by atoms with E-state index < -0.39 is 0 Å². The lowest BCUT2D eigenvalue weighted by atomic mass is 10.1. The lowest BCUT2D eigenvalue weighted by Crippen LogP contribution is -2.01. The molecule has 38 heavy (non-hydrogen) atoms. The Morgan fingerprint density at radius 3 is 2.03 bits per heavy atom. The highest BCUT2D eigenvalue weighted by Gasteiger charge is 2.18. The van der Waals surface area contributed by atoms with E-state index in [0.717, 1.165) is 45.2 Å². The Labute approximate surface area is 223 Å². The molecule has 6 aromatic rings. The Bertz CT molecular complexity index is 1700. The monoisotopic (exact) mass is 492 g/mol. The van der Waals surface area contributed by atoms with E-state index in [0.29, 0.717) is 6.61 Å². The Hall–Kier alpha value is -4.89. The number of benzene rings is 5. The molecule has 0 saturated carbocycles. The zero-order valence-electron chi connectivity index (χ0n) is 21.3. The number of rotatable bonds is 7. The molecule has 0 bridgehead atoms. The Morgan fingerprint density at radius 2 is 1.32 bits per heavy atom. The van der Waals surface area contributed by atoms with Gasteiger partial charge >= 0.3 is 0 Å². The van der Waals surface area contributed by atoms with Crippen molar-refractivity contribution >= 4 is 22.7 Å². The minimum atomic E-state index is 0.642. The van der Waals surface area contributed by atoms with E-state index in [1.54, 1.807) is 0 Å². The molecule has 0 saturated heterocycles. The van der Waals surface area contributed by atoms with Gasteiger partial charge in [0.15, 0.2) is 0 Å². The van der Waals surface area contributed by atoms with Crippen molar-refractivity contribution in [1.29, 1.82) is 0 Å². The first kappa shape index (κ1) is 23.5. The fourth-order valence-corrected chi connectivity index (χ4v) is 4.87. The third-order valence-electron chi connectivity index (χ3n) is 6.64. The molecule has 0 atom stereocenters. The largest absolute Gasteiger partial charge is 0.494 e. The second-order valence-corrected chi connectivity index (χ2v) is 9.12. The van der Waals surface area contributed by atoms with Gasteiger partial charge in [0.2, 0.25) is 0 Å². The summed E-state index contributed by atoms with van der Waals surface area (Å²) in [5, 5.41) is 2.40. The van der Waals surface area contributed by atoms with Gasteiger partial charge in [-0.1, -0.05) is 91.0 Å². The SMILES string of the molecule is CCOc1ccc(-n2c(-c3ccccc3)cc(C=Nc3ccc4ccccc4c3)c2-c2ccccc2)cc1. The van der Waals surface area contributed by atoms with Crippen LogP contribution in [0.3, 0.4) is 0 Å². The van der Waals surface area contributed by atoms with Crippen molar-refractivity contribution in [3.8, 4) is 34.0 Å². The van der Waals surface area contributed by atoms with E-state index in [-0.39, 0.29) is 0 Å². The van der Waals surface area contributed by atoms with Crippen LogP contribution in [0, 0.1) is 0 Å². The third-order valence-corrected chi connectivity index (χ3v) is 6.64. The number of aliphatic imine (C=N–C) groups is 1. The zero-order valence-corrected chi connectivity index (χ0v) is 21.3. The van der Waals surface area contributed by atoms with Crippen LogP contribution in [0.1, 0.15) is 12.5 Å². The lowest BCUT2D eigenvalue weighted by Gasteiger charge is -2.15. The minimum absolute atomic E-state index is 0.642. The van der Waals surface area contributed by atoms with Crippen LogP contribution in [0.5, 0.6) is 5.75 Å². The molecule has 0 fully saturated rings. The quantitative estimate of drug-likeness (QED) is 0.204. The maximum Gasteiger partial charge on any atom is 0.119 e. The first-order chi connectivity index (χ1) is 18.8. The molecular formula is C35H28N2O. The van der Waals surface area contributed by atoms with Crippen LogP contribution in [0.4, 0.5) is 5.69 Å². The smallest absolute Gasteiger partial charge is 0.119 e. The van der Waals surface area contributed by atoms with Crippen molar-refractivity contribution in [2.24, 2.45) is 4.99 Å². The summed E-state index contributed by atoms with van der Waals surface area (Å²) >= 11 is 0. The van der Waals surface area contributed by atoms with Gasteiger partial charge in [-0.05, 0) is 71.3 Å². The van der Waals surface area contributed by atoms with Crippen molar-refractivity contribution in [3.63, 3.8) is 0 Å². The summed E-state index contributed by atoms with van der Waals surface area (Å²) in [6.45, 7) is 2.64. The molecule has 184 valence electrons. The summed E-state index contributed by atoms with van der Waals surface area (Å²) in [7, 11) is 0. The first-order valence-electron chi connectivity index (χ1n) is 12.9. The van der Waals surface area contributed by atoms with Crippen LogP contribution in [0.15, 0.2) is 138 Å². The maximum atomic E-state index is 5.72. The third kappa shape index (κ3) is 4.74. The molecule has 3 heteroatoms. The van der Waals surface area contributed by atoms with Crippen LogP contribution < -0.4 is 4.74 Å². The van der Waals surface area contributed by atoms with Crippen LogP contribution in [-0.2, 0) is 0 Å². The second-order valence-electron chi connectivity index (χ2n) is 9.12. The van der Waals surface area contributed by atoms with Crippen LogP contribution in [0.25, 0.3) is 39.0 Å². The number of hydrogen-bond acceptors (Lipinski definition) is 2. The summed E-state index contributed by atoms with van der Waals surface area (Å²) in [6, 6.07) is 46.3. The molecule has 1 heterocycles. The molecule has 6 rings (SSSR count). The molecule has 0 N–H and O–H groups in total. The van der Waals surface area contributed by atoms with E-state index in [4.69, 9.17) is 9.73 Å². The fraction of sp³-hybridized carbons (Fsp3) is 0.0571. The van der Waals surface area contributed by atoms with Gasteiger partial charge in [0.05, 0.1) is 23.7 Å². The molecule has 0 aliphatic carbocycles. The molecule has 5 aromatic carbocycles. The molecule has 3 nitrogen and oxygen atoms in total. The standard InChI is InChI=1S/C35H28N2O/c1-2-38-33-21-19-32(20-22-33)37-34(27-12-5-3-6-13-27)24-30(35(37)28-14-7-4-8-15-28)25-36-31-18-17-26-11-9-10-16-29(26)23-31/h3-25H,2H2,1H3. The van der Waals surface area contributed by atoms with Gasteiger partial charge in [0.1, 0.15) is 5.75 Å². The highest BCUT2D eigenvalue weighted by atomic mass is 16.5. The van der Waals surface area contributed by atoms with E-state index in [1.807, 2.05) is 31.3 Å². The van der Waals surface area contributed by atoms with Gasteiger partial charge in [0.25, 0.3) is 0 Å². The summed E-state index contributed by atoms with van der Waals surface area (Å²) in [4.78, 5) is 4.93. The molecular weight excluding hydrogens is 464 g/mol. The average molecular weight is 493 g/mol. The highest BCUT2D eigenvalue weighted by molar-refractivity contribution is 5.95. The van der Waals surface area contributed by atoms with E-state index in [1.165, 1.54) is 10.8 Å². The number of nitrogens with zero attached hydrogens (tertiary/aromatic N) is 2. The Kier molecular flexibility index (Phi) is 6.57. The van der Waals surface area contributed by atoms with Crippen LogP contribution in [-0.4, -0.2) is 17.4 Å². The van der Waals surface area contributed by atoms with Crippen molar-refractivity contribution in [3.05, 3.63) is 139 Å². The normalized spacial score (nSPS) is 11.3. The van der Waals surface area contributed by atoms with Gasteiger partial charge in [-0.25, -0.2) is 0 Å². The molecule has 0 amide bonds. The molecule has 0 aliphatic rings. The number of aromatic nitrogens is 1. The van der Waals surface area contributed by atoms with Gasteiger partial charge in [-0.15, -0.1) is 0 Å². The summed E-state index contributed by atoms with van der Waals surface area (Å²) in [6.07, 6.45) is 1.99. The maximum absolute atomic E-state index is 5.72. The number of fused-ring (bicyclic) bond motifs is 1. The van der Waals surface area contributed by atoms with E-state index >= 15 is 0 Å². The number of ether oxygens (including phenoxy) is 1. The van der Waals surface area contributed by atoms with E-state index in [2.05, 4.69) is 120 Å². The van der Waals surface area contributed by atoms with Crippen molar-refractivity contribution in [2.45, 2.75) is 6.92 Å². The van der Waals surface area contributed by atoms with Crippen molar-refractivity contribution < 1.29 is 4.74 Å². The number of hydrogen-bond donors (Lipinski definition) is 0. The second kappa shape index (κ2) is 10.6. The molecule has 0 spiro atoms. The van der Waals surface area contributed by atoms with Crippen LogP contribution in [0.2, 0.25) is 0 Å². The summed E-state index contributed by atoms with van der Waals surface area (Å²) in [5.41, 5.74) is 7.52. The molecule has 0 unspecified atom stereocenters. The van der Waals surface area contributed by atoms with Gasteiger partial charge < -0.3 is 9.30 Å². The van der Waals surface area contributed by atoms with E-state index in [9.17, 15) is 0 Å². The minimum Gasteiger partial charge on any atom is -0.494 e. The zero-order chi connectivity index (χ0) is 25.7. The summed E-state index contributed by atoms with van der Waals surface area (Å²) in [5.74, 6) is 0.865. The van der Waals surface area contributed by atoms with Gasteiger partial charge in [-0.3, -0.25) is 4.99 Å². The average Bonchev–Trinajstić information content (AvgIpc) is 3.37. The highest BCUT2D eigenvalue weighted by Crippen LogP contribution is 2.36. The first-order valence-corrected chi connectivity index (χ1v) is 12.9. The van der Waals surface area contributed by atoms with Crippen molar-refractivity contribution in [1.82, 2.24) is 4.57 Å². The topological polar surface area (TPSA) is 26.5 Å². The molecule has 0 radical (unpaired) electrons. The van der Waals surface area contributed by atoms with Crippen molar-refractivity contribution in [2.75, 3.05) is 6.61 Å².